The third-order valence-corrected chi connectivity index (χ3v) is 5.41. The quantitative estimate of drug-likeness (QED) is 0.163. The Morgan fingerprint density at radius 1 is 1.06 bits per heavy atom. The van der Waals surface area contributed by atoms with Crippen LogP contribution in [0.4, 0.5) is 0 Å². The normalized spacial score (nSPS) is 11.0. The molecule has 0 fully saturated rings. The number of halogens is 1. The summed E-state index contributed by atoms with van der Waals surface area (Å²) in [5, 5.41) is 11.7. The second kappa shape index (κ2) is 13.1. The second-order valence-corrected chi connectivity index (χ2v) is 7.51. The van der Waals surface area contributed by atoms with Gasteiger partial charge >= 0.3 is 0 Å². The van der Waals surface area contributed by atoms with Crippen LogP contribution in [0.1, 0.15) is 21.8 Å². The van der Waals surface area contributed by atoms with E-state index in [1.807, 2.05) is 25.1 Å². The van der Waals surface area contributed by atoms with Crippen molar-refractivity contribution in [3.63, 3.8) is 0 Å². The predicted molar refractivity (Wildman–Crippen MR) is 138 cm³/mol. The molecule has 3 N–H and O–H groups in total. The Balaban J connectivity index is 0.00000341. The fourth-order valence-electron chi connectivity index (χ4n) is 2.90. The molecular formula is C22H28IN5O2S. The van der Waals surface area contributed by atoms with Gasteiger partial charge in [0, 0.05) is 26.7 Å². The number of hydrogen-bond donors (Lipinski definition) is 3. The van der Waals surface area contributed by atoms with Gasteiger partial charge in [-0.15, -0.1) is 35.3 Å². The number of fused-ring (bicyclic) bond motifs is 1. The maximum Gasteiger partial charge on any atom is 0.263 e. The first kappa shape index (κ1) is 24.9. The summed E-state index contributed by atoms with van der Waals surface area (Å²) in [7, 11) is 1.72. The van der Waals surface area contributed by atoms with Crippen molar-refractivity contribution in [2.75, 3.05) is 33.3 Å². The highest BCUT2D eigenvalue weighted by atomic mass is 127. The lowest BCUT2D eigenvalue weighted by molar-refractivity contribution is 0.0957. The molecule has 0 radical (unpaired) electrons. The van der Waals surface area contributed by atoms with Gasteiger partial charge in [0.1, 0.15) is 10.6 Å². The van der Waals surface area contributed by atoms with Crippen molar-refractivity contribution in [2.45, 2.75) is 13.3 Å². The lowest BCUT2D eigenvalue weighted by Crippen LogP contribution is -2.42. The molecule has 1 aromatic heterocycles. The van der Waals surface area contributed by atoms with E-state index in [-0.39, 0.29) is 29.9 Å². The van der Waals surface area contributed by atoms with Crippen LogP contribution in [0.3, 0.4) is 0 Å². The van der Waals surface area contributed by atoms with Crippen LogP contribution >= 0.6 is 35.3 Å². The maximum atomic E-state index is 12.0. The van der Waals surface area contributed by atoms with Crippen LogP contribution in [0.25, 0.3) is 10.8 Å². The molecule has 0 bridgehead atoms. The molecule has 31 heavy (non-hydrogen) atoms. The van der Waals surface area contributed by atoms with Gasteiger partial charge in [-0.1, -0.05) is 30.3 Å². The fraction of sp³-hybridized carbons (Fsp3) is 0.318. The topological polar surface area (TPSA) is 87.6 Å². The van der Waals surface area contributed by atoms with Crippen LogP contribution in [0.15, 0.2) is 53.0 Å². The van der Waals surface area contributed by atoms with Crippen molar-refractivity contribution in [1.29, 1.82) is 0 Å². The third-order valence-electron chi connectivity index (χ3n) is 4.48. The molecular weight excluding hydrogens is 525 g/mol. The van der Waals surface area contributed by atoms with Crippen LogP contribution in [0.2, 0.25) is 0 Å². The summed E-state index contributed by atoms with van der Waals surface area (Å²) in [4.78, 5) is 21.0. The van der Waals surface area contributed by atoms with Gasteiger partial charge in [-0.25, -0.2) is 4.98 Å². The third kappa shape index (κ3) is 7.66. The van der Waals surface area contributed by atoms with Gasteiger partial charge in [0.2, 0.25) is 0 Å². The Kier molecular flexibility index (Phi) is 10.5. The van der Waals surface area contributed by atoms with Crippen molar-refractivity contribution in [3.8, 4) is 5.75 Å². The summed E-state index contributed by atoms with van der Waals surface area (Å²) < 4.78 is 5.85. The zero-order chi connectivity index (χ0) is 21.2. The molecule has 3 rings (SSSR count). The Morgan fingerprint density at radius 3 is 2.55 bits per heavy atom. The summed E-state index contributed by atoms with van der Waals surface area (Å²) in [6.07, 6.45) is 0.842. The minimum Gasteiger partial charge on any atom is -0.494 e. The first-order valence-corrected chi connectivity index (χ1v) is 10.8. The zero-order valence-corrected chi connectivity index (χ0v) is 20.8. The van der Waals surface area contributed by atoms with Crippen LogP contribution in [0, 0.1) is 6.92 Å². The van der Waals surface area contributed by atoms with E-state index < -0.39 is 0 Å². The highest BCUT2D eigenvalue weighted by Crippen LogP contribution is 2.20. The number of hydrogen-bond acceptors (Lipinski definition) is 5. The highest BCUT2D eigenvalue weighted by Gasteiger charge is 2.10. The Hall–Kier alpha value is -2.40. The average Bonchev–Trinajstić information content (AvgIpc) is 3.20. The first-order chi connectivity index (χ1) is 14.7. The molecule has 1 amide bonds. The SMILES string of the molecule is CN=C(NCCCOc1ccc2ccccc2c1)NCCNC(=O)c1scnc1C.I. The van der Waals surface area contributed by atoms with Crippen molar-refractivity contribution in [2.24, 2.45) is 4.99 Å². The van der Waals surface area contributed by atoms with Gasteiger partial charge in [-0.05, 0) is 36.2 Å². The van der Waals surface area contributed by atoms with Crippen molar-refractivity contribution in [3.05, 3.63) is 58.5 Å². The molecule has 1 heterocycles. The van der Waals surface area contributed by atoms with E-state index in [0.717, 1.165) is 24.4 Å². The number of ether oxygens (including phenoxy) is 1. The molecule has 0 aliphatic carbocycles. The molecule has 0 saturated heterocycles. The number of carbonyl (C=O) groups is 1. The van der Waals surface area contributed by atoms with E-state index in [1.165, 1.54) is 22.1 Å². The summed E-state index contributed by atoms with van der Waals surface area (Å²) in [5.41, 5.74) is 2.44. The molecule has 0 atom stereocenters. The molecule has 0 saturated carbocycles. The number of carbonyl (C=O) groups excluding carboxylic acids is 1. The molecule has 0 spiro atoms. The number of nitrogens with one attached hydrogen (secondary N) is 3. The lowest BCUT2D eigenvalue weighted by atomic mass is 10.1. The monoisotopic (exact) mass is 553 g/mol. The number of amides is 1. The Labute approximate surface area is 203 Å². The largest absolute Gasteiger partial charge is 0.494 e. The molecule has 3 aromatic rings. The number of rotatable bonds is 9. The number of benzene rings is 2. The highest BCUT2D eigenvalue weighted by molar-refractivity contribution is 14.0. The summed E-state index contributed by atoms with van der Waals surface area (Å²) in [5.74, 6) is 1.48. The van der Waals surface area contributed by atoms with E-state index in [1.54, 1.807) is 12.6 Å². The number of aromatic nitrogens is 1. The smallest absolute Gasteiger partial charge is 0.263 e. The minimum absolute atomic E-state index is 0. The standard InChI is InChI=1S/C22H27N5O2S.HI/c1-16-20(30-15-27-16)21(28)24-11-12-26-22(23-2)25-10-5-13-29-19-9-8-17-6-3-4-7-18(17)14-19;/h3-4,6-9,14-15H,5,10-13H2,1-2H3,(H,24,28)(H2,23,25,26);1H. The van der Waals surface area contributed by atoms with Gasteiger partial charge in [-0.2, -0.15) is 0 Å². The van der Waals surface area contributed by atoms with Gasteiger partial charge < -0.3 is 20.7 Å². The van der Waals surface area contributed by atoms with Crippen molar-refractivity contribution in [1.82, 2.24) is 20.9 Å². The van der Waals surface area contributed by atoms with E-state index in [9.17, 15) is 4.79 Å². The average molecular weight is 553 g/mol. The van der Waals surface area contributed by atoms with Crippen LogP contribution < -0.4 is 20.7 Å². The summed E-state index contributed by atoms with van der Waals surface area (Å²) >= 11 is 1.35. The molecule has 0 unspecified atom stereocenters. The predicted octanol–water partition coefficient (Wildman–Crippen LogP) is 3.59. The second-order valence-electron chi connectivity index (χ2n) is 6.66. The molecule has 2 aromatic carbocycles. The molecule has 0 aliphatic heterocycles. The molecule has 7 nitrogen and oxygen atoms in total. The van der Waals surface area contributed by atoms with Crippen LogP contribution in [-0.4, -0.2) is 50.1 Å². The Bertz CT molecular complexity index is 1010. The summed E-state index contributed by atoms with van der Waals surface area (Å²) in [6, 6.07) is 14.4. The van der Waals surface area contributed by atoms with E-state index in [0.29, 0.717) is 30.5 Å². The summed E-state index contributed by atoms with van der Waals surface area (Å²) in [6.45, 7) is 4.27. The van der Waals surface area contributed by atoms with Gasteiger partial charge in [-0.3, -0.25) is 9.79 Å². The number of aryl methyl sites for hydroxylation is 1. The Morgan fingerprint density at radius 2 is 1.81 bits per heavy atom. The number of nitrogens with zero attached hydrogens (tertiary/aromatic N) is 2. The van der Waals surface area contributed by atoms with Crippen LogP contribution in [-0.2, 0) is 0 Å². The maximum absolute atomic E-state index is 12.0. The van der Waals surface area contributed by atoms with Crippen LogP contribution in [0.5, 0.6) is 5.75 Å². The minimum atomic E-state index is -0.0921. The van der Waals surface area contributed by atoms with Gasteiger partial charge in [0.25, 0.3) is 5.91 Å². The van der Waals surface area contributed by atoms with E-state index in [4.69, 9.17) is 4.74 Å². The zero-order valence-electron chi connectivity index (χ0n) is 17.7. The van der Waals surface area contributed by atoms with E-state index in [2.05, 4.69) is 50.2 Å². The molecule has 166 valence electrons. The fourth-order valence-corrected chi connectivity index (χ4v) is 3.62. The van der Waals surface area contributed by atoms with Crippen molar-refractivity contribution < 1.29 is 9.53 Å². The van der Waals surface area contributed by atoms with Crippen molar-refractivity contribution >= 4 is 58.0 Å². The van der Waals surface area contributed by atoms with E-state index >= 15 is 0 Å². The van der Waals surface area contributed by atoms with Gasteiger partial charge in [0.05, 0.1) is 17.8 Å². The molecule has 9 heteroatoms. The number of guanidine groups is 1. The molecule has 0 aliphatic rings. The number of aliphatic imine (C=N–C) groups is 1. The first-order valence-electron chi connectivity index (χ1n) is 9.92. The van der Waals surface area contributed by atoms with Gasteiger partial charge in [0.15, 0.2) is 5.96 Å². The lowest BCUT2D eigenvalue weighted by Gasteiger charge is -2.13. The number of thiazole rings is 1.